The molecule has 6 nitrogen and oxygen atoms in total. The van der Waals surface area contributed by atoms with E-state index in [9.17, 15) is 14.9 Å². The first-order chi connectivity index (χ1) is 10.6. The summed E-state index contributed by atoms with van der Waals surface area (Å²) in [5.41, 5.74) is 0.979. The maximum atomic E-state index is 12.0. The predicted molar refractivity (Wildman–Crippen MR) is 81.5 cm³/mol. The maximum Gasteiger partial charge on any atom is 0.269 e. The predicted octanol–water partition coefficient (Wildman–Crippen LogP) is 2.68. The Bertz CT molecular complexity index is 641. The lowest BCUT2D eigenvalue weighted by molar-refractivity contribution is -0.384. The van der Waals surface area contributed by atoms with Crippen molar-refractivity contribution in [3.63, 3.8) is 0 Å². The van der Waals surface area contributed by atoms with Crippen molar-refractivity contribution < 1.29 is 14.5 Å². The van der Waals surface area contributed by atoms with E-state index < -0.39 is 11.0 Å². The lowest BCUT2D eigenvalue weighted by Gasteiger charge is -2.14. The maximum absolute atomic E-state index is 12.0. The summed E-state index contributed by atoms with van der Waals surface area (Å²) in [5.74, 6) is 0.162. The molecule has 0 heterocycles. The number of hydrogen-bond donors (Lipinski definition) is 1. The summed E-state index contributed by atoms with van der Waals surface area (Å²) in [6.45, 7) is 2.05. The third kappa shape index (κ3) is 4.31. The van der Waals surface area contributed by atoms with Crippen LogP contribution in [0.3, 0.4) is 0 Å². The fourth-order valence-corrected chi connectivity index (χ4v) is 1.83. The number of amides is 1. The minimum absolute atomic E-state index is 0.0199. The van der Waals surface area contributed by atoms with E-state index >= 15 is 0 Å². The molecule has 22 heavy (non-hydrogen) atoms. The van der Waals surface area contributed by atoms with E-state index in [4.69, 9.17) is 4.74 Å². The van der Waals surface area contributed by atoms with Crippen LogP contribution in [0.1, 0.15) is 12.5 Å². The van der Waals surface area contributed by atoms with E-state index in [1.165, 1.54) is 24.3 Å². The van der Waals surface area contributed by atoms with Crippen molar-refractivity contribution >= 4 is 11.6 Å². The summed E-state index contributed by atoms with van der Waals surface area (Å²) in [7, 11) is 0. The molecule has 2 rings (SSSR count). The van der Waals surface area contributed by atoms with Crippen LogP contribution < -0.4 is 10.1 Å². The number of carbonyl (C=O) groups excluding carboxylic acids is 1. The molecule has 1 amide bonds. The van der Waals surface area contributed by atoms with Gasteiger partial charge in [-0.2, -0.15) is 0 Å². The summed E-state index contributed by atoms with van der Waals surface area (Å²) in [5, 5.41) is 13.3. The molecule has 6 heteroatoms. The quantitative estimate of drug-likeness (QED) is 0.657. The number of benzene rings is 2. The Morgan fingerprint density at radius 2 is 1.82 bits per heavy atom. The van der Waals surface area contributed by atoms with Crippen LogP contribution in [0, 0.1) is 10.1 Å². The van der Waals surface area contributed by atoms with Crippen LogP contribution in [0.25, 0.3) is 0 Å². The van der Waals surface area contributed by atoms with Crippen molar-refractivity contribution in [2.75, 3.05) is 0 Å². The molecule has 0 fully saturated rings. The normalized spacial score (nSPS) is 11.5. The van der Waals surface area contributed by atoms with Gasteiger partial charge in [-0.05, 0) is 24.6 Å². The molecule has 0 aliphatic heterocycles. The van der Waals surface area contributed by atoms with E-state index in [1.807, 2.05) is 30.3 Å². The van der Waals surface area contributed by atoms with Gasteiger partial charge in [0.1, 0.15) is 5.75 Å². The summed E-state index contributed by atoms with van der Waals surface area (Å²) in [4.78, 5) is 22.0. The SMILES string of the molecule is CC(Oc1ccc([N+](=O)[O-])cc1)C(=O)NCc1ccccc1. The summed E-state index contributed by atoms with van der Waals surface area (Å²) in [6.07, 6.45) is -0.690. The van der Waals surface area contributed by atoms with Crippen molar-refractivity contribution in [3.05, 3.63) is 70.3 Å². The largest absolute Gasteiger partial charge is 0.481 e. The van der Waals surface area contributed by atoms with Gasteiger partial charge in [-0.3, -0.25) is 14.9 Å². The van der Waals surface area contributed by atoms with Crippen molar-refractivity contribution in [3.8, 4) is 5.75 Å². The number of nitrogens with zero attached hydrogens (tertiary/aromatic N) is 1. The molecular formula is C16H16N2O4. The summed E-state index contributed by atoms with van der Waals surface area (Å²) < 4.78 is 5.46. The number of ether oxygens (including phenoxy) is 1. The van der Waals surface area contributed by atoms with Gasteiger partial charge in [0.25, 0.3) is 11.6 Å². The zero-order chi connectivity index (χ0) is 15.9. The van der Waals surface area contributed by atoms with Crippen LogP contribution in [0.15, 0.2) is 54.6 Å². The number of nitro groups is 1. The number of non-ortho nitro benzene ring substituents is 1. The molecule has 0 aromatic heterocycles. The topological polar surface area (TPSA) is 81.5 Å². The van der Waals surface area contributed by atoms with Crippen LogP contribution in [0.4, 0.5) is 5.69 Å². The van der Waals surface area contributed by atoms with Crippen LogP contribution in [0.5, 0.6) is 5.75 Å². The summed E-state index contributed by atoms with van der Waals surface area (Å²) >= 11 is 0. The Kier molecular flexibility index (Phi) is 5.08. The van der Waals surface area contributed by atoms with E-state index in [-0.39, 0.29) is 11.6 Å². The first-order valence-corrected chi connectivity index (χ1v) is 6.79. The average molecular weight is 300 g/mol. The number of rotatable bonds is 6. The van der Waals surface area contributed by atoms with Gasteiger partial charge in [0.05, 0.1) is 4.92 Å². The number of hydrogen-bond acceptors (Lipinski definition) is 4. The van der Waals surface area contributed by atoms with Crippen LogP contribution in [-0.4, -0.2) is 16.9 Å². The number of nitrogens with one attached hydrogen (secondary N) is 1. The smallest absolute Gasteiger partial charge is 0.269 e. The molecule has 1 atom stereocenters. The molecule has 0 aliphatic rings. The second kappa shape index (κ2) is 7.21. The highest BCUT2D eigenvalue weighted by Gasteiger charge is 2.15. The standard InChI is InChI=1S/C16H16N2O4/c1-12(16(19)17-11-13-5-3-2-4-6-13)22-15-9-7-14(8-10-15)18(20)21/h2-10,12H,11H2,1H3,(H,17,19). The van der Waals surface area contributed by atoms with E-state index in [2.05, 4.69) is 5.32 Å². The van der Waals surface area contributed by atoms with E-state index in [0.29, 0.717) is 12.3 Å². The fraction of sp³-hybridized carbons (Fsp3) is 0.188. The highest BCUT2D eigenvalue weighted by molar-refractivity contribution is 5.80. The lowest BCUT2D eigenvalue weighted by atomic mass is 10.2. The zero-order valence-corrected chi connectivity index (χ0v) is 12.1. The third-order valence-corrected chi connectivity index (χ3v) is 3.04. The Labute approximate surface area is 127 Å². The summed E-state index contributed by atoms with van der Waals surface area (Å²) in [6, 6.07) is 15.2. The average Bonchev–Trinajstić information content (AvgIpc) is 2.54. The molecule has 0 radical (unpaired) electrons. The molecule has 0 spiro atoms. The Morgan fingerprint density at radius 1 is 1.18 bits per heavy atom. The molecule has 2 aromatic carbocycles. The van der Waals surface area contributed by atoms with Crippen molar-refractivity contribution in [2.24, 2.45) is 0 Å². The highest BCUT2D eigenvalue weighted by atomic mass is 16.6. The molecule has 0 aliphatic carbocycles. The van der Waals surface area contributed by atoms with Crippen LogP contribution >= 0.6 is 0 Å². The highest BCUT2D eigenvalue weighted by Crippen LogP contribution is 2.18. The van der Waals surface area contributed by atoms with Gasteiger partial charge >= 0.3 is 0 Å². The molecule has 1 N–H and O–H groups in total. The van der Waals surface area contributed by atoms with Gasteiger partial charge in [0.15, 0.2) is 6.10 Å². The monoisotopic (exact) mass is 300 g/mol. The minimum atomic E-state index is -0.690. The second-order valence-corrected chi connectivity index (χ2v) is 4.71. The Morgan fingerprint density at radius 3 is 2.41 bits per heavy atom. The number of carbonyl (C=O) groups is 1. The van der Waals surface area contributed by atoms with Crippen LogP contribution in [-0.2, 0) is 11.3 Å². The van der Waals surface area contributed by atoms with Crippen molar-refractivity contribution in [1.82, 2.24) is 5.32 Å². The van der Waals surface area contributed by atoms with Gasteiger partial charge in [-0.25, -0.2) is 0 Å². The van der Waals surface area contributed by atoms with Crippen molar-refractivity contribution in [1.29, 1.82) is 0 Å². The van der Waals surface area contributed by atoms with E-state index in [1.54, 1.807) is 6.92 Å². The Balaban J connectivity index is 1.86. The van der Waals surface area contributed by atoms with Gasteiger partial charge in [0.2, 0.25) is 0 Å². The third-order valence-electron chi connectivity index (χ3n) is 3.04. The fourth-order valence-electron chi connectivity index (χ4n) is 1.83. The number of nitro benzene ring substituents is 1. The van der Waals surface area contributed by atoms with E-state index in [0.717, 1.165) is 5.56 Å². The van der Waals surface area contributed by atoms with Gasteiger partial charge in [-0.1, -0.05) is 30.3 Å². The van der Waals surface area contributed by atoms with Crippen molar-refractivity contribution in [2.45, 2.75) is 19.6 Å². The zero-order valence-electron chi connectivity index (χ0n) is 12.1. The molecule has 2 aromatic rings. The Hall–Kier alpha value is -2.89. The molecule has 0 bridgehead atoms. The lowest BCUT2D eigenvalue weighted by Crippen LogP contribution is -2.35. The molecule has 0 saturated carbocycles. The molecule has 0 saturated heterocycles. The first kappa shape index (κ1) is 15.5. The molecule has 1 unspecified atom stereocenters. The minimum Gasteiger partial charge on any atom is -0.481 e. The van der Waals surface area contributed by atoms with Gasteiger partial charge in [-0.15, -0.1) is 0 Å². The van der Waals surface area contributed by atoms with Gasteiger partial charge in [0, 0.05) is 18.7 Å². The molecule has 114 valence electrons. The van der Waals surface area contributed by atoms with Gasteiger partial charge < -0.3 is 10.1 Å². The first-order valence-electron chi connectivity index (χ1n) is 6.79. The van der Waals surface area contributed by atoms with Crippen LogP contribution in [0.2, 0.25) is 0 Å². The molecular weight excluding hydrogens is 284 g/mol. The second-order valence-electron chi connectivity index (χ2n) is 4.71.